The number of benzene rings is 1. The summed E-state index contributed by atoms with van der Waals surface area (Å²) in [5, 5.41) is 0. The smallest absolute Gasteiger partial charge is 0.316 e. The van der Waals surface area contributed by atoms with Gasteiger partial charge in [0.1, 0.15) is 0 Å². The number of nitrogens with two attached hydrogens (primary N) is 1. The van der Waals surface area contributed by atoms with Gasteiger partial charge >= 0.3 is 6.18 Å². The van der Waals surface area contributed by atoms with E-state index in [-0.39, 0.29) is 0 Å². The van der Waals surface area contributed by atoms with E-state index in [1.165, 1.54) is 12.1 Å². The lowest BCUT2D eigenvalue weighted by Crippen LogP contribution is -2.29. The number of hydrogen-bond donors (Lipinski definition) is 1. The molecule has 0 radical (unpaired) electrons. The fraction of sp³-hybridized carbons (Fsp3) is 0.333. The van der Waals surface area contributed by atoms with E-state index in [9.17, 15) is 13.2 Å². The Labute approximate surface area is 92.5 Å². The minimum Gasteiger partial charge on any atom is -0.316 e. The van der Waals surface area contributed by atoms with Crippen molar-refractivity contribution in [3.8, 4) is 11.8 Å². The Morgan fingerprint density at radius 1 is 1.06 bits per heavy atom. The van der Waals surface area contributed by atoms with Crippen molar-refractivity contribution in [2.45, 2.75) is 25.6 Å². The van der Waals surface area contributed by atoms with Crippen LogP contribution in [0.5, 0.6) is 0 Å². The molecule has 2 N–H and O–H groups in total. The van der Waals surface area contributed by atoms with E-state index >= 15 is 0 Å². The predicted molar refractivity (Wildman–Crippen MR) is 56.6 cm³/mol. The van der Waals surface area contributed by atoms with Crippen molar-refractivity contribution in [2.75, 3.05) is 0 Å². The molecule has 0 fully saturated rings. The monoisotopic (exact) mass is 227 g/mol. The molecule has 0 aliphatic carbocycles. The lowest BCUT2D eigenvalue weighted by atomic mass is 10.1. The van der Waals surface area contributed by atoms with Crippen LogP contribution >= 0.6 is 0 Å². The Bertz CT molecular complexity index is 413. The average molecular weight is 227 g/mol. The van der Waals surface area contributed by atoms with E-state index in [2.05, 4.69) is 11.8 Å². The fourth-order valence-corrected chi connectivity index (χ4v) is 0.976. The molecular weight excluding hydrogens is 215 g/mol. The summed E-state index contributed by atoms with van der Waals surface area (Å²) in [4.78, 5) is 0. The fourth-order valence-electron chi connectivity index (χ4n) is 0.976. The van der Waals surface area contributed by atoms with Gasteiger partial charge in [-0.15, -0.1) is 0 Å². The first-order valence-electron chi connectivity index (χ1n) is 4.68. The van der Waals surface area contributed by atoms with Gasteiger partial charge in [0.2, 0.25) is 0 Å². The minimum atomic E-state index is -4.31. The van der Waals surface area contributed by atoms with Crippen LogP contribution in [0.25, 0.3) is 0 Å². The van der Waals surface area contributed by atoms with Crippen LogP contribution in [0.2, 0.25) is 0 Å². The first kappa shape index (κ1) is 12.6. The Kier molecular flexibility index (Phi) is 3.30. The van der Waals surface area contributed by atoms with E-state index in [0.717, 1.165) is 12.1 Å². The molecule has 0 aliphatic rings. The summed E-state index contributed by atoms with van der Waals surface area (Å²) in [6, 6.07) is 4.68. The molecule has 0 bridgehead atoms. The molecule has 0 spiro atoms. The third kappa shape index (κ3) is 3.95. The van der Waals surface area contributed by atoms with E-state index in [1.807, 2.05) is 0 Å². The zero-order valence-electron chi connectivity index (χ0n) is 9.02. The van der Waals surface area contributed by atoms with Gasteiger partial charge in [-0.2, -0.15) is 13.2 Å². The molecule has 0 saturated carbocycles. The Morgan fingerprint density at radius 2 is 1.56 bits per heavy atom. The van der Waals surface area contributed by atoms with E-state index in [1.54, 1.807) is 13.8 Å². The Balaban J connectivity index is 2.91. The van der Waals surface area contributed by atoms with Crippen LogP contribution in [0, 0.1) is 11.8 Å². The maximum atomic E-state index is 12.2. The molecule has 1 rings (SSSR count). The highest BCUT2D eigenvalue weighted by molar-refractivity contribution is 5.38. The van der Waals surface area contributed by atoms with Crippen LogP contribution in [-0.2, 0) is 6.18 Å². The van der Waals surface area contributed by atoms with Crippen LogP contribution < -0.4 is 5.73 Å². The van der Waals surface area contributed by atoms with Crippen molar-refractivity contribution >= 4 is 0 Å². The molecule has 0 unspecified atom stereocenters. The van der Waals surface area contributed by atoms with Crippen molar-refractivity contribution in [2.24, 2.45) is 5.73 Å². The molecule has 86 valence electrons. The molecule has 0 saturated heterocycles. The van der Waals surface area contributed by atoms with Gasteiger partial charge in [-0.3, -0.25) is 0 Å². The van der Waals surface area contributed by atoms with Gasteiger partial charge in [0, 0.05) is 5.56 Å². The summed E-state index contributed by atoms with van der Waals surface area (Å²) in [5.41, 5.74) is 4.82. The molecule has 0 heterocycles. The summed E-state index contributed by atoms with van der Waals surface area (Å²) in [7, 11) is 0. The first-order valence-corrected chi connectivity index (χ1v) is 4.68. The minimum absolute atomic E-state index is 0.520. The van der Waals surface area contributed by atoms with E-state index in [0.29, 0.717) is 5.56 Å². The van der Waals surface area contributed by atoms with Crippen molar-refractivity contribution in [1.29, 1.82) is 0 Å². The number of rotatable bonds is 0. The predicted octanol–water partition coefficient (Wildman–Crippen LogP) is 2.79. The van der Waals surface area contributed by atoms with Crippen molar-refractivity contribution in [3.05, 3.63) is 35.4 Å². The molecule has 1 aromatic rings. The molecular formula is C12H12F3N. The number of hydrogen-bond acceptors (Lipinski definition) is 1. The molecule has 0 amide bonds. The Morgan fingerprint density at radius 3 is 1.94 bits per heavy atom. The van der Waals surface area contributed by atoms with Gasteiger partial charge in [0.25, 0.3) is 0 Å². The average Bonchev–Trinajstić information content (AvgIpc) is 2.13. The van der Waals surface area contributed by atoms with Crippen LogP contribution in [0.1, 0.15) is 25.0 Å². The first-order chi connectivity index (χ1) is 7.18. The maximum absolute atomic E-state index is 12.2. The number of alkyl halides is 3. The second kappa shape index (κ2) is 4.18. The molecule has 16 heavy (non-hydrogen) atoms. The van der Waals surface area contributed by atoms with Crippen LogP contribution in [0.15, 0.2) is 24.3 Å². The zero-order valence-corrected chi connectivity index (χ0v) is 9.02. The largest absolute Gasteiger partial charge is 0.416 e. The van der Waals surface area contributed by atoms with Gasteiger partial charge in [0.15, 0.2) is 0 Å². The number of halogens is 3. The molecule has 0 atom stereocenters. The summed E-state index contributed by atoms with van der Waals surface area (Å²) in [6.07, 6.45) is -4.31. The normalized spacial score (nSPS) is 11.9. The molecule has 0 aromatic heterocycles. The lowest BCUT2D eigenvalue weighted by Gasteiger charge is -2.08. The van der Waals surface area contributed by atoms with E-state index in [4.69, 9.17) is 5.73 Å². The van der Waals surface area contributed by atoms with Gasteiger partial charge in [0.05, 0.1) is 11.1 Å². The second-order valence-electron chi connectivity index (χ2n) is 4.05. The SMILES string of the molecule is CC(C)(N)C#Cc1ccc(C(F)(F)F)cc1. The maximum Gasteiger partial charge on any atom is 0.416 e. The molecule has 4 heteroatoms. The highest BCUT2D eigenvalue weighted by atomic mass is 19.4. The third-order valence-electron chi connectivity index (χ3n) is 1.74. The van der Waals surface area contributed by atoms with Gasteiger partial charge in [-0.05, 0) is 38.1 Å². The summed E-state index contributed by atoms with van der Waals surface area (Å²) in [5.74, 6) is 5.46. The quantitative estimate of drug-likeness (QED) is 0.677. The van der Waals surface area contributed by atoms with Crippen LogP contribution in [-0.4, -0.2) is 5.54 Å². The van der Waals surface area contributed by atoms with Gasteiger partial charge in [-0.1, -0.05) is 11.8 Å². The van der Waals surface area contributed by atoms with Gasteiger partial charge < -0.3 is 5.73 Å². The van der Waals surface area contributed by atoms with E-state index < -0.39 is 17.3 Å². The standard InChI is InChI=1S/C12H12F3N/c1-11(2,16)8-7-9-3-5-10(6-4-9)12(13,14)15/h3-6H,16H2,1-2H3. The highest BCUT2D eigenvalue weighted by Crippen LogP contribution is 2.28. The van der Waals surface area contributed by atoms with Crippen molar-refractivity contribution in [1.82, 2.24) is 0 Å². The lowest BCUT2D eigenvalue weighted by molar-refractivity contribution is -0.137. The summed E-state index contributed by atoms with van der Waals surface area (Å²) >= 11 is 0. The van der Waals surface area contributed by atoms with Crippen LogP contribution in [0.4, 0.5) is 13.2 Å². The summed E-state index contributed by atoms with van der Waals surface area (Å²) < 4.78 is 36.7. The Hall–Kier alpha value is -1.47. The summed E-state index contributed by atoms with van der Waals surface area (Å²) in [6.45, 7) is 3.45. The molecule has 0 aliphatic heterocycles. The molecule has 1 aromatic carbocycles. The zero-order chi connectivity index (χ0) is 12.4. The van der Waals surface area contributed by atoms with Crippen molar-refractivity contribution in [3.63, 3.8) is 0 Å². The molecule has 1 nitrogen and oxygen atoms in total. The highest BCUT2D eigenvalue weighted by Gasteiger charge is 2.29. The topological polar surface area (TPSA) is 26.0 Å². The van der Waals surface area contributed by atoms with Gasteiger partial charge in [-0.25, -0.2) is 0 Å². The van der Waals surface area contributed by atoms with Crippen LogP contribution in [0.3, 0.4) is 0 Å². The second-order valence-corrected chi connectivity index (χ2v) is 4.05. The van der Waals surface area contributed by atoms with Crippen molar-refractivity contribution < 1.29 is 13.2 Å². The third-order valence-corrected chi connectivity index (χ3v) is 1.74.